The quantitative estimate of drug-likeness (QED) is 0.848. The highest BCUT2D eigenvalue weighted by Crippen LogP contribution is 2.15. The van der Waals surface area contributed by atoms with Gasteiger partial charge in [0, 0.05) is 23.1 Å². The molecule has 0 heterocycles. The van der Waals surface area contributed by atoms with Gasteiger partial charge in [0.25, 0.3) is 0 Å². The minimum Gasteiger partial charge on any atom is -0.497 e. The molecule has 0 aliphatic heterocycles. The van der Waals surface area contributed by atoms with E-state index in [1.165, 1.54) is 0 Å². The molecule has 0 fully saturated rings. The Labute approximate surface area is 139 Å². The molecule has 0 aliphatic rings. The summed E-state index contributed by atoms with van der Waals surface area (Å²) in [6.45, 7) is 2.14. The standard InChI is InChI=1S/C18H21NO3S/c1-14(18(20)19-12-15-7-4-3-5-8-15)23(21)13-16-9-6-10-17(11-16)22-2/h3-11,14H,12-13H2,1-2H3,(H,19,20)/t14-,23-/m0/s1. The summed E-state index contributed by atoms with van der Waals surface area (Å²) in [6.07, 6.45) is 0. The van der Waals surface area contributed by atoms with Gasteiger partial charge >= 0.3 is 0 Å². The third kappa shape index (κ3) is 5.21. The molecule has 0 saturated heterocycles. The Morgan fingerprint density at radius 3 is 2.52 bits per heavy atom. The molecule has 5 heteroatoms. The van der Waals surface area contributed by atoms with Crippen molar-refractivity contribution in [2.75, 3.05) is 7.11 Å². The van der Waals surface area contributed by atoms with E-state index < -0.39 is 16.0 Å². The number of amides is 1. The van der Waals surface area contributed by atoms with Crippen LogP contribution in [0.5, 0.6) is 5.75 Å². The zero-order chi connectivity index (χ0) is 16.7. The molecule has 0 unspecified atom stereocenters. The van der Waals surface area contributed by atoms with Crippen LogP contribution in [0.25, 0.3) is 0 Å². The first kappa shape index (κ1) is 17.2. The van der Waals surface area contributed by atoms with E-state index in [1.54, 1.807) is 14.0 Å². The normalized spacial score (nSPS) is 13.1. The zero-order valence-electron chi connectivity index (χ0n) is 13.3. The van der Waals surface area contributed by atoms with Crippen LogP contribution in [-0.4, -0.2) is 22.5 Å². The minimum atomic E-state index is -1.28. The topological polar surface area (TPSA) is 55.4 Å². The van der Waals surface area contributed by atoms with Crippen LogP contribution >= 0.6 is 0 Å². The van der Waals surface area contributed by atoms with Gasteiger partial charge in [-0.25, -0.2) is 0 Å². The second-order valence-electron chi connectivity index (χ2n) is 5.22. The van der Waals surface area contributed by atoms with Gasteiger partial charge in [0.05, 0.1) is 7.11 Å². The number of carbonyl (C=O) groups is 1. The number of hydrogen-bond donors (Lipinski definition) is 1. The summed E-state index contributed by atoms with van der Waals surface area (Å²) in [6, 6.07) is 17.1. The second-order valence-corrected chi connectivity index (χ2v) is 6.98. The Bertz CT molecular complexity index is 673. The van der Waals surface area contributed by atoms with Gasteiger partial charge in [-0.05, 0) is 30.2 Å². The minimum absolute atomic E-state index is 0.199. The lowest BCUT2D eigenvalue weighted by Crippen LogP contribution is -2.35. The van der Waals surface area contributed by atoms with Crippen LogP contribution in [0.1, 0.15) is 18.1 Å². The van der Waals surface area contributed by atoms with Crippen LogP contribution in [0.4, 0.5) is 0 Å². The molecule has 0 bridgehead atoms. The summed E-state index contributed by atoms with van der Waals surface area (Å²) in [5.74, 6) is 0.854. The van der Waals surface area contributed by atoms with E-state index in [0.717, 1.165) is 16.9 Å². The predicted molar refractivity (Wildman–Crippen MR) is 92.6 cm³/mol. The lowest BCUT2D eigenvalue weighted by atomic mass is 10.2. The van der Waals surface area contributed by atoms with E-state index in [0.29, 0.717) is 12.3 Å². The molecule has 1 N–H and O–H groups in total. The number of rotatable bonds is 7. The van der Waals surface area contributed by atoms with Crippen LogP contribution in [0.15, 0.2) is 54.6 Å². The molecule has 2 aromatic carbocycles. The van der Waals surface area contributed by atoms with E-state index >= 15 is 0 Å². The van der Waals surface area contributed by atoms with Gasteiger partial charge in [-0.3, -0.25) is 9.00 Å². The smallest absolute Gasteiger partial charge is 0.235 e. The van der Waals surface area contributed by atoms with E-state index in [2.05, 4.69) is 5.32 Å². The van der Waals surface area contributed by atoms with E-state index in [9.17, 15) is 9.00 Å². The number of methoxy groups -OCH3 is 1. The fourth-order valence-corrected chi connectivity index (χ4v) is 3.18. The average molecular weight is 331 g/mol. The van der Waals surface area contributed by atoms with Gasteiger partial charge in [0.2, 0.25) is 5.91 Å². The Balaban J connectivity index is 1.89. The first-order valence-electron chi connectivity index (χ1n) is 7.42. The summed E-state index contributed by atoms with van der Waals surface area (Å²) in [5, 5.41) is 2.27. The number of benzene rings is 2. The van der Waals surface area contributed by atoms with Gasteiger partial charge in [0.15, 0.2) is 0 Å². The highest BCUT2D eigenvalue weighted by atomic mass is 32.2. The maximum Gasteiger partial charge on any atom is 0.235 e. The van der Waals surface area contributed by atoms with Crippen molar-refractivity contribution in [1.29, 1.82) is 0 Å². The van der Waals surface area contributed by atoms with Gasteiger partial charge in [-0.15, -0.1) is 0 Å². The Morgan fingerprint density at radius 2 is 1.83 bits per heavy atom. The summed E-state index contributed by atoms with van der Waals surface area (Å²) < 4.78 is 17.5. The molecule has 0 spiro atoms. The lowest BCUT2D eigenvalue weighted by Gasteiger charge is -2.12. The lowest BCUT2D eigenvalue weighted by molar-refractivity contribution is -0.120. The van der Waals surface area contributed by atoms with Gasteiger partial charge in [0.1, 0.15) is 11.0 Å². The van der Waals surface area contributed by atoms with Crippen LogP contribution in [0, 0.1) is 0 Å². The van der Waals surface area contributed by atoms with Crippen LogP contribution in [-0.2, 0) is 27.9 Å². The molecule has 1 amide bonds. The Kier molecular flexibility index (Phi) is 6.35. The van der Waals surface area contributed by atoms with E-state index in [1.807, 2.05) is 54.6 Å². The first-order valence-corrected chi connectivity index (χ1v) is 8.80. The molecule has 0 aromatic heterocycles. The second kappa shape index (κ2) is 8.48. The molecule has 2 aromatic rings. The molecule has 0 aliphatic carbocycles. The van der Waals surface area contributed by atoms with Crippen molar-refractivity contribution in [2.45, 2.75) is 24.5 Å². The summed E-state index contributed by atoms with van der Waals surface area (Å²) in [4.78, 5) is 12.1. The molecule has 2 atom stereocenters. The van der Waals surface area contributed by atoms with Crippen molar-refractivity contribution >= 4 is 16.7 Å². The summed E-state index contributed by atoms with van der Waals surface area (Å²) >= 11 is 0. The molecule has 2 rings (SSSR count). The molecule has 0 radical (unpaired) electrons. The van der Waals surface area contributed by atoms with E-state index in [4.69, 9.17) is 4.74 Å². The average Bonchev–Trinajstić information content (AvgIpc) is 2.60. The Hall–Kier alpha value is -2.14. The number of nitrogens with one attached hydrogen (secondary N) is 1. The van der Waals surface area contributed by atoms with Crippen molar-refractivity contribution in [3.63, 3.8) is 0 Å². The van der Waals surface area contributed by atoms with Crippen molar-refractivity contribution in [3.05, 3.63) is 65.7 Å². The number of hydrogen-bond acceptors (Lipinski definition) is 3. The van der Waals surface area contributed by atoms with Crippen molar-refractivity contribution in [3.8, 4) is 5.75 Å². The van der Waals surface area contributed by atoms with Gasteiger partial charge in [-0.2, -0.15) is 0 Å². The third-order valence-electron chi connectivity index (χ3n) is 3.52. The van der Waals surface area contributed by atoms with Gasteiger partial charge in [-0.1, -0.05) is 42.5 Å². The van der Waals surface area contributed by atoms with Crippen molar-refractivity contribution in [2.24, 2.45) is 0 Å². The summed E-state index contributed by atoms with van der Waals surface area (Å²) in [7, 11) is 0.311. The monoisotopic (exact) mass is 331 g/mol. The fourth-order valence-electron chi connectivity index (χ4n) is 2.10. The maximum atomic E-state index is 12.4. The molecular formula is C18H21NO3S. The van der Waals surface area contributed by atoms with E-state index in [-0.39, 0.29) is 5.91 Å². The largest absolute Gasteiger partial charge is 0.497 e. The molecule has 23 heavy (non-hydrogen) atoms. The third-order valence-corrected chi connectivity index (χ3v) is 5.14. The highest BCUT2D eigenvalue weighted by molar-refractivity contribution is 7.85. The van der Waals surface area contributed by atoms with Crippen LogP contribution < -0.4 is 10.1 Å². The zero-order valence-corrected chi connectivity index (χ0v) is 14.1. The number of carbonyl (C=O) groups excluding carboxylic acids is 1. The van der Waals surface area contributed by atoms with Gasteiger partial charge < -0.3 is 10.1 Å². The molecule has 4 nitrogen and oxygen atoms in total. The molecular weight excluding hydrogens is 310 g/mol. The van der Waals surface area contributed by atoms with Crippen LogP contribution in [0.2, 0.25) is 0 Å². The molecule has 0 saturated carbocycles. The predicted octanol–water partition coefficient (Wildman–Crippen LogP) is 2.65. The fraction of sp³-hybridized carbons (Fsp3) is 0.278. The number of ether oxygens (including phenoxy) is 1. The SMILES string of the molecule is COc1cccc(C[S@](=O)[C@@H](C)C(=O)NCc2ccccc2)c1. The highest BCUT2D eigenvalue weighted by Gasteiger charge is 2.20. The molecule has 122 valence electrons. The first-order chi connectivity index (χ1) is 11.1. The Morgan fingerprint density at radius 1 is 1.13 bits per heavy atom. The van der Waals surface area contributed by atoms with Crippen molar-refractivity contribution < 1.29 is 13.7 Å². The van der Waals surface area contributed by atoms with Crippen molar-refractivity contribution in [1.82, 2.24) is 5.32 Å². The van der Waals surface area contributed by atoms with Crippen LogP contribution in [0.3, 0.4) is 0 Å². The summed E-state index contributed by atoms with van der Waals surface area (Å²) in [5.41, 5.74) is 1.91. The maximum absolute atomic E-state index is 12.4.